The van der Waals surface area contributed by atoms with Gasteiger partial charge in [0.1, 0.15) is 0 Å². The molecular weight excluding hydrogens is 270 g/mol. The van der Waals surface area contributed by atoms with Crippen LogP contribution in [0.2, 0.25) is 0 Å². The molecule has 21 heavy (non-hydrogen) atoms. The highest BCUT2D eigenvalue weighted by Gasteiger charge is 2.28. The summed E-state index contributed by atoms with van der Waals surface area (Å²) in [5.41, 5.74) is 2.69. The number of fused-ring (bicyclic) bond motifs is 1. The number of aryl methyl sites for hydroxylation is 1. The highest BCUT2D eigenvalue weighted by Crippen LogP contribution is 2.40. The van der Waals surface area contributed by atoms with Crippen molar-refractivity contribution in [1.29, 1.82) is 0 Å². The number of carbonyl (C=O) groups excluding carboxylic acids is 1. The molecule has 2 aromatic heterocycles. The second-order valence-corrected chi connectivity index (χ2v) is 5.42. The van der Waals surface area contributed by atoms with Crippen molar-refractivity contribution < 1.29 is 14.1 Å². The van der Waals surface area contributed by atoms with E-state index in [-0.39, 0.29) is 5.91 Å². The van der Waals surface area contributed by atoms with E-state index >= 15 is 0 Å². The standard InChI is InChI=1S/C15H19N3O3/c1-9-13-11(14(19)16-6-3-7-20-2)8-12(10-4-5-10)17-15(13)21-18-9/h8,10H,3-7H2,1-2H3,(H,16,19). The lowest BCUT2D eigenvalue weighted by molar-refractivity contribution is 0.0950. The molecule has 1 fully saturated rings. The molecule has 6 heteroatoms. The molecule has 6 nitrogen and oxygen atoms in total. The molecule has 1 aliphatic rings. The van der Waals surface area contributed by atoms with Crippen molar-refractivity contribution in [1.82, 2.24) is 15.5 Å². The monoisotopic (exact) mass is 289 g/mol. The molecule has 3 rings (SSSR count). The average Bonchev–Trinajstić information content (AvgIpc) is 3.27. The van der Waals surface area contributed by atoms with Gasteiger partial charge in [0, 0.05) is 31.9 Å². The molecule has 112 valence electrons. The third kappa shape index (κ3) is 2.90. The summed E-state index contributed by atoms with van der Waals surface area (Å²) in [7, 11) is 1.65. The first-order valence-corrected chi connectivity index (χ1v) is 7.24. The average molecular weight is 289 g/mol. The minimum absolute atomic E-state index is 0.105. The van der Waals surface area contributed by atoms with Crippen LogP contribution >= 0.6 is 0 Å². The summed E-state index contributed by atoms with van der Waals surface area (Å²) in [5, 5.41) is 7.56. The lowest BCUT2D eigenvalue weighted by atomic mass is 10.1. The Kier molecular flexibility index (Phi) is 3.88. The number of ether oxygens (including phenoxy) is 1. The fourth-order valence-electron chi connectivity index (χ4n) is 2.39. The van der Waals surface area contributed by atoms with E-state index in [2.05, 4.69) is 15.5 Å². The van der Waals surface area contributed by atoms with E-state index in [4.69, 9.17) is 9.26 Å². The van der Waals surface area contributed by atoms with E-state index in [1.807, 2.05) is 13.0 Å². The Balaban J connectivity index is 1.88. The number of hydrogen-bond acceptors (Lipinski definition) is 5. The van der Waals surface area contributed by atoms with E-state index in [9.17, 15) is 4.79 Å². The van der Waals surface area contributed by atoms with Crippen molar-refractivity contribution in [3.05, 3.63) is 23.0 Å². The summed E-state index contributed by atoms with van der Waals surface area (Å²) in [6.07, 6.45) is 3.04. The van der Waals surface area contributed by atoms with Crippen LogP contribution in [0.4, 0.5) is 0 Å². The Morgan fingerprint density at radius 2 is 2.33 bits per heavy atom. The highest BCUT2D eigenvalue weighted by atomic mass is 16.5. The van der Waals surface area contributed by atoms with E-state index in [1.165, 1.54) is 0 Å². The zero-order valence-corrected chi connectivity index (χ0v) is 12.3. The Labute approximate surface area is 122 Å². The van der Waals surface area contributed by atoms with Crippen molar-refractivity contribution in [2.75, 3.05) is 20.3 Å². The van der Waals surface area contributed by atoms with E-state index in [0.717, 1.165) is 25.0 Å². The van der Waals surface area contributed by atoms with Crippen LogP contribution in [0.25, 0.3) is 11.1 Å². The number of carbonyl (C=O) groups is 1. The molecule has 1 aliphatic carbocycles. The van der Waals surface area contributed by atoms with Gasteiger partial charge in [0.05, 0.1) is 16.6 Å². The molecule has 0 aliphatic heterocycles. The van der Waals surface area contributed by atoms with Gasteiger partial charge in [0.2, 0.25) is 0 Å². The number of aromatic nitrogens is 2. The number of rotatable bonds is 6. The summed E-state index contributed by atoms with van der Waals surface area (Å²) >= 11 is 0. The first-order chi connectivity index (χ1) is 10.2. The molecule has 2 aromatic rings. The first-order valence-electron chi connectivity index (χ1n) is 7.24. The third-order valence-corrected chi connectivity index (χ3v) is 3.69. The zero-order valence-electron chi connectivity index (χ0n) is 12.3. The smallest absolute Gasteiger partial charge is 0.259 e. The van der Waals surface area contributed by atoms with Crippen LogP contribution in [-0.2, 0) is 4.74 Å². The quantitative estimate of drug-likeness (QED) is 0.825. The number of methoxy groups -OCH3 is 1. The summed E-state index contributed by atoms with van der Waals surface area (Å²) in [6, 6.07) is 1.88. The van der Waals surface area contributed by atoms with Gasteiger partial charge in [0.15, 0.2) is 0 Å². The predicted octanol–water partition coefficient (Wildman–Crippen LogP) is 2.17. The van der Waals surface area contributed by atoms with E-state index in [1.54, 1.807) is 7.11 Å². The van der Waals surface area contributed by atoms with Crippen molar-refractivity contribution in [2.24, 2.45) is 0 Å². The molecule has 0 radical (unpaired) electrons. The highest BCUT2D eigenvalue weighted by molar-refractivity contribution is 6.06. The van der Waals surface area contributed by atoms with Crippen molar-refractivity contribution in [3.8, 4) is 0 Å². The molecule has 0 spiro atoms. The van der Waals surface area contributed by atoms with Gasteiger partial charge in [-0.2, -0.15) is 0 Å². The fourth-order valence-corrected chi connectivity index (χ4v) is 2.39. The molecule has 1 amide bonds. The number of nitrogens with zero attached hydrogens (tertiary/aromatic N) is 2. The van der Waals surface area contributed by atoms with Crippen LogP contribution in [0, 0.1) is 6.92 Å². The Hall–Kier alpha value is -1.95. The minimum Gasteiger partial charge on any atom is -0.385 e. The second kappa shape index (κ2) is 5.81. The molecule has 1 saturated carbocycles. The maximum Gasteiger partial charge on any atom is 0.259 e. The maximum absolute atomic E-state index is 12.4. The second-order valence-electron chi connectivity index (χ2n) is 5.42. The van der Waals surface area contributed by atoms with Crippen LogP contribution in [0.1, 0.15) is 46.9 Å². The van der Waals surface area contributed by atoms with Crippen molar-refractivity contribution in [3.63, 3.8) is 0 Å². The Morgan fingerprint density at radius 1 is 1.52 bits per heavy atom. The van der Waals surface area contributed by atoms with Gasteiger partial charge in [-0.1, -0.05) is 5.16 Å². The molecule has 0 aromatic carbocycles. The fraction of sp³-hybridized carbons (Fsp3) is 0.533. The van der Waals surface area contributed by atoms with Crippen molar-refractivity contribution in [2.45, 2.75) is 32.1 Å². The summed E-state index contributed by atoms with van der Waals surface area (Å²) < 4.78 is 10.2. The molecule has 2 heterocycles. The largest absolute Gasteiger partial charge is 0.385 e. The predicted molar refractivity (Wildman–Crippen MR) is 77.3 cm³/mol. The molecule has 1 N–H and O–H groups in total. The number of pyridine rings is 1. The normalized spacial score (nSPS) is 14.6. The van der Waals surface area contributed by atoms with Gasteiger partial charge in [-0.05, 0) is 32.3 Å². The number of nitrogens with one attached hydrogen (secondary N) is 1. The van der Waals surface area contributed by atoms with Crippen LogP contribution in [0.3, 0.4) is 0 Å². The molecule has 0 saturated heterocycles. The zero-order chi connectivity index (χ0) is 14.8. The van der Waals surface area contributed by atoms with E-state index in [0.29, 0.717) is 41.4 Å². The molecule has 0 atom stereocenters. The Morgan fingerprint density at radius 3 is 3.05 bits per heavy atom. The van der Waals surface area contributed by atoms with Crippen LogP contribution < -0.4 is 5.32 Å². The van der Waals surface area contributed by atoms with Gasteiger partial charge < -0.3 is 14.6 Å². The number of hydrogen-bond donors (Lipinski definition) is 1. The lowest BCUT2D eigenvalue weighted by Gasteiger charge is -2.07. The minimum atomic E-state index is -0.105. The summed E-state index contributed by atoms with van der Waals surface area (Å²) in [6.45, 7) is 3.04. The van der Waals surface area contributed by atoms with Gasteiger partial charge in [-0.15, -0.1) is 0 Å². The van der Waals surface area contributed by atoms with Gasteiger partial charge in [0.25, 0.3) is 11.6 Å². The topological polar surface area (TPSA) is 77.2 Å². The summed E-state index contributed by atoms with van der Waals surface area (Å²) in [5.74, 6) is 0.353. The lowest BCUT2D eigenvalue weighted by Crippen LogP contribution is -2.25. The molecule has 0 bridgehead atoms. The van der Waals surface area contributed by atoms with Gasteiger partial charge in [-0.25, -0.2) is 4.98 Å². The van der Waals surface area contributed by atoms with Crippen LogP contribution in [0.5, 0.6) is 0 Å². The Bertz CT molecular complexity index is 661. The van der Waals surface area contributed by atoms with Crippen LogP contribution in [-0.4, -0.2) is 36.3 Å². The maximum atomic E-state index is 12.4. The molecular formula is C15H19N3O3. The summed E-state index contributed by atoms with van der Waals surface area (Å²) in [4.78, 5) is 16.9. The first kappa shape index (κ1) is 14.0. The third-order valence-electron chi connectivity index (χ3n) is 3.69. The van der Waals surface area contributed by atoms with Gasteiger partial charge in [-0.3, -0.25) is 4.79 Å². The van der Waals surface area contributed by atoms with E-state index < -0.39 is 0 Å². The van der Waals surface area contributed by atoms with Crippen LogP contribution in [0.15, 0.2) is 10.6 Å². The molecule has 0 unspecified atom stereocenters. The van der Waals surface area contributed by atoms with Gasteiger partial charge >= 0.3 is 0 Å². The SMILES string of the molecule is COCCCNC(=O)c1cc(C2CC2)nc2onc(C)c12. The van der Waals surface area contributed by atoms with Crippen molar-refractivity contribution >= 4 is 17.0 Å². The number of amides is 1.